The van der Waals surface area contributed by atoms with Crippen LogP contribution in [0.5, 0.6) is 0 Å². The first-order valence-corrected chi connectivity index (χ1v) is 6.95. The van der Waals surface area contributed by atoms with E-state index in [0.29, 0.717) is 13.0 Å². The molecule has 102 valence electrons. The molecule has 0 saturated carbocycles. The summed E-state index contributed by atoms with van der Waals surface area (Å²) in [4.78, 5) is 14.1. The van der Waals surface area contributed by atoms with Gasteiger partial charge < -0.3 is 4.90 Å². The molecule has 0 N–H and O–H groups in total. The van der Waals surface area contributed by atoms with Crippen LogP contribution in [0.2, 0.25) is 0 Å². The fourth-order valence-corrected chi connectivity index (χ4v) is 2.03. The third kappa shape index (κ3) is 4.75. The summed E-state index contributed by atoms with van der Waals surface area (Å²) in [5.41, 5.74) is 1.04. The van der Waals surface area contributed by atoms with Crippen LogP contribution < -0.4 is 0 Å². The largest absolute Gasteiger partial charge is 0.342 e. The molecule has 0 aliphatic carbocycles. The van der Waals surface area contributed by atoms with E-state index in [0.717, 1.165) is 24.9 Å². The molecule has 1 aromatic carbocycles. The van der Waals surface area contributed by atoms with Crippen molar-refractivity contribution in [3.63, 3.8) is 0 Å². The average molecular weight is 258 g/mol. The molecule has 0 bridgehead atoms. The molecular weight excluding hydrogens is 236 g/mol. The zero-order valence-corrected chi connectivity index (χ0v) is 11.8. The highest BCUT2D eigenvalue weighted by Crippen LogP contribution is 2.12. The quantitative estimate of drug-likeness (QED) is 0.754. The van der Waals surface area contributed by atoms with Gasteiger partial charge in [-0.05, 0) is 25.3 Å². The van der Waals surface area contributed by atoms with Gasteiger partial charge in [-0.3, -0.25) is 4.79 Å². The van der Waals surface area contributed by atoms with Crippen molar-refractivity contribution < 1.29 is 4.79 Å². The maximum Gasteiger partial charge on any atom is 0.240 e. The van der Waals surface area contributed by atoms with Gasteiger partial charge in [0.25, 0.3) is 0 Å². The molecule has 1 aromatic rings. The summed E-state index contributed by atoms with van der Waals surface area (Å²) in [6.07, 6.45) is 2.54. The first-order chi connectivity index (χ1) is 9.22. The summed E-state index contributed by atoms with van der Waals surface area (Å²) in [5.74, 6) is -0.610. The second-order valence-electron chi connectivity index (χ2n) is 4.64. The molecule has 3 heteroatoms. The molecule has 0 aliphatic heterocycles. The summed E-state index contributed by atoms with van der Waals surface area (Å²) >= 11 is 0. The Morgan fingerprint density at radius 1 is 1.32 bits per heavy atom. The Labute approximate surface area is 115 Å². The SMILES string of the molecule is CCCCN(CC)C(=O)C(C#N)Cc1ccccc1. The number of hydrogen-bond donors (Lipinski definition) is 0. The fourth-order valence-electron chi connectivity index (χ4n) is 2.03. The molecule has 0 spiro atoms. The van der Waals surface area contributed by atoms with E-state index in [1.54, 1.807) is 4.90 Å². The van der Waals surface area contributed by atoms with Crippen LogP contribution in [0.15, 0.2) is 30.3 Å². The Hall–Kier alpha value is -1.82. The number of carbonyl (C=O) groups excluding carboxylic acids is 1. The van der Waals surface area contributed by atoms with E-state index in [4.69, 9.17) is 0 Å². The molecule has 1 rings (SSSR count). The normalized spacial score (nSPS) is 11.6. The van der Waals surface area contributed by atoms with Crippen LogP contribution >= 0.6 is 0 Å². The molecule has 0 aromatic heterocycles. The van der Waals surface area contributed by atoms with Crippen LogP contribution in [0.4, 0.5) is 0 Å². The molecule has 3 nitrogen and oxygen atoms in total. The molecule has 0 heterocycles. The number of unbranched alkanes of at least 4 members (excludes halogenated alkanes) is 1. The van der Waals surface area contributed by atoms with Gasteiger partial charge in [-0.2, -0.15) is 5.26 Å². The van der Waals surface area contributed by atoms with Crippen LogP contribution in [0, 0.1) is 17.2 Å². The molecule has 0 saturated heterocycles. The van der Waals surface area contributed by atoms with E-state index in [9.17, 15) is 10.1 Å². The molecule has 1 unspecified atom stereocenters. The van der Waals surface area contributed by atoms with Gasteiger partial charge in [0, 0.05) is 13.1 Å². The summed E-state index contributed by atoms with van der Waals surface area (Å²) in [7, 11) is 0. The standard InChI is InChI=1S/C16H22N2O/c1-3-5-11-18(4-2)16(19)15(13-17)12-14-9-7-6-8-10-14/h6-10,15H,3-5,11-12H2,1-2H3. The van der Waals surface area contributed by atoms with Crippen molar-refractivity contribution in [3.05, 3.63) is 35.9 Å². The van der Waals surface area contributed by atoms with Gasteiger partial charge in [0.15, 0.2) is 0 Å². The Kier molecular flexibility index (Phi) is 6.67. The number of carbonyl (C=O) groups is 1. The van der Waals surface area contributed by atoms with Crippen molar-refractivity contribution in [2.75, 3.05) is 13.1 Å². The van der Waals surface area contributed by atoms with Crippen molar-refractivity contribution in [1.29, 1.82) is 5.26 Å². The number of benzene rings is 1. The number of nitrogens with zero attached hydrogens (tertiary/aromatic N) is 2. The Balaban J connectivity index is 2.68. The van der Waals surface area contributed by atoms with Crippen molar-refractivity contribution in [3.8, 4) is 6.07 Å². The minimum absolute atomic E-state index is 0.0395. The van der Waals surface area contributed by atoms with Gasteiger partial charge in [-0.15, -0.1) is 0 Å². The second-order valence-corrected chi connectivity index (χ2v) is 4.64. The molecular formula is C16H22N2O. The van der Waals surface area contributed by atoms with Crippen LogP contribution in [0.3, 0.4) is 0 Å². The number of hydrogen-bond acceptors (Lipinski definition) is 2. The molecule has 0 radical (unpaired) electrons. The molecule has 0 fully saturated rings. The van der Waals surface area contributed by atoms with Gasteiger partial charge in [0.1, 0.15) is 5.92 Å². The average Bonchev–Trinajstić information content (AvgIpc) is 2.46. The van der Waals surface area contributed by atoms with E-state index in [-0.39, 0.29) is 5.91 Å². The molecule has 19 heavy (non-hydrogen) atoms. The maximum atomic E-state index is 12.3. The monoisotopic (exact) mass is 258 g/mol. The number of nitriles is 1. The summed E-state index contributed by atoms with van der Waals surface area (Å²) in [5, 5.41) is 9.23. The minimum atomic E-state index is -0.570. The van der Waals surface area contributed by atoms with Gasteiger partial charge in [-0.1, -0.05) is 43.7 Å². The zero-order valence-electron chi connectivity index (χ0n) is 11.8. The highest BCUT2D eigenvalue weighted by molar-refractivity contribution is 5.81. The zero-order chi connectivity index (χ0) is 14.1. The molecule has 0 aliphatic rings. The lowest BCUT2D eigenvalue weighted by atomic mass is 9.99. The van der Waals surface area contributed by atoms with E-state index in [1.807, 2.05) is 37.3 Å². The maximum absolute atomic E-state index is 12.3. The van der Waals surface area contributed by atoms with Gasteiger partial charge >= 0.3 is 0 Å². The topological polar surface area (TPSA) is 44.1 Å². The van der Waals surface area contributed by atoms with Crippen LogP contribution in [-0.2, 0) is 11.2 Å². The van der Waals surface area contributed by atoms with Crippen LogP contribution in [0.1, 0.15) is 32.3 Å². The lowest BCUT2D eigenvalue weighted by molar-refractivity contribution is -0.133. The number of amides is 1. The highest BCUT2D eigenvalue weighted by atomic mass is 16.2. The van der Waals surface area contributed by atoms with Crippen molar-refractivity contribution in [2.45, 2.75) is 33.1 Å². The summed E-state index contributed by atoms with van der Waals surface area (Å²) in [6, 6.07) is 11.9. The predicted molar refractivity (Wildman–Crippen MR) is 76.4 cm³/mol. The Bertz CT molecular complexity index is 422. The lowest BCUT2D eigenvalue weighted by Crippen LogP contribution is -2.37. The van der Waals surface area contributed by atoms with Crippen LogP contribution in [-0.4, -0.2) is 23.9 Å². The molecule has 1 atom stereocenters. The smallest absolute Gasteiger partial charge is 0.240 e. The van der Waals surface area contributed by atoms with Gasteiger partial charge in [-0.25, -0.2) is 0 Å². The third-order valence-corrected chi connectivity index (χ3v) is 3.21. The number of rotatable bonds is 7. The van der Waals surface area contributed by atoms with E-state index >= 15 is 0 Å². The predicted octanol–water partition coefficient (Wildman–Crippen LogP) is 3.02. The van der Waals surface area contributed by atoms with Crippen molar-refractivity contribution in [1.82, 2.24) is 4.90 Å². The van der Waals surface area contributed by atoms with Gasteiger partial charge in [0.2, 0.25) is 5.91 Å². The third-order valence-electron chi connectivity index (χ3n) is 3.21. The minimum Gasteiger partial charge on any atom is -0.342 e. The van der Waals surface area contributed by atoms with Crippen molar-refractivity contribution in [2.24, 2.45) is 5.92 Å². The molecule has 1 amide bonds. The Morgan fingerprint density at radius 2 is 2.00 bits per heavy atom. The summed E-state index contributed by atoms with van der Waals surface area (Å²) < 4.78 is 0. The second kappa shape index (κ2) is 8.31. The van der Waals surface area contributed by atoms with E-state index in [2.05, 4.69) is 13.0 Å². The van der Waals surface area contributed by atoms with Gasteiger partial charge in [0.05, 0.1) is 6.07 Å². The lowest BCUT2D eigenvalue weighted by Gasteiger charge is -2.23. The van der Waals surface area contributed by atoms with Crippen LogP contribution in [0.25, 0.3) is 0 Å². The van der Waals surface area contributed by atoms with Crippen molar-refractivity contribution >= 4 is 5.91 Å². The first kappa shape index (κ1) is 15.2. The Morgan fingerprint density at radius 3 is 2.53 bits per heavy atom. The van der Waals surface area contributed by atoms with E-state index in [1.165, 1.54) is 0 Å². The first-order valence-electron chi connectivity index (χ1n) is 6.95. The summed E-state index contributed by atoms with van der Waals surface area (Å²) in [6.45, 7) is 5.49. The highest BCUT2D eigenvalue weighted by Gasteiger charge is 2.23. The van der Waals surface area contributed by atoms with E-state index < -0.39 is 5.92 Å². The fraction of sp³-hybridized carbons (Fsp3) is 0.500.